The summed E-state index contributed by atoms with van der Waals surface area (Å²) < 4.78 is 33.2. The second kappa shape index (κ2) is 11.5. The molecule has 1 unspecified atom stereocenters. The fraction of sp³-hybridized carbons (Fsp3) is 0.136. The van der Waals surface area contributed by atoms with Gasteiger partial charge in [-0.05, 0) is 48.2 Å². The Balaban J connectivity index is 1.82. The van der Waals surface area contributed by atoms with Gasteiger partial charge in [0, 0.05) is 10.6 Å². The predicted molar refractivity (Wildman–Crippen MR) is 135 cm³/mol. The molecule has 9 nitrogen and oxygen atoms in total. The number of thiophene rings is 1. The van der Waals surface area contributed by atoms with Gasteiger partial charge < -0.3 is 9.84 Å². The molecule has 184 valence electrons. The van der Waals surface area contributed by atoms with Gasteiger partial charge in [0.2, 0.25) is 0 Å². The normalized spacial score (nSPS) is 12.3. The number of nitrogens with zero attached hydrogens (tertiary/aromatic N) is 1. The molecule has 0 spiro atoms. The first-order valence-electron chi connectivity index (χ1n) is 9.99. The van der Waals surface area contributed by atoms with Crippen LogP contribution in [0.1, 0.15) is 29.3 Å². The first-order chi connectivity index (χ1) is 16.6. The molecule has 1 amide bonds. The summed E-state index contributed by atoms with van der Waals surface area (Å²) in [6.07, 6.45) is 0.376. The standard InChI is InChI=1S/C22H19Cl2N3O6S2/c1-2-17(22(29)30)33-18-9-8-14(23)11-13(18)12-25-26-21(28)15-5-3-6-16(24)20(15)27-35(31,32)19-7-4-10-34-19/h3-12,17,27H,2H2,1H3,(H,26,28)(H,29,30). The van der Waals surface area contributed by atoms with Gasteiger partial charge in [0.05, 0.1) is 22.5 Å². The van der Waals surface area contributed by atoms with Crippen molar-refractivity contribution in [1.29, 1.82) is 0 Å². The maximum atomic E-state index is 12.8. The number of para-hydroxylation sites is 1. The number of hydrazone groups is 1. The molecule has 1 atom stereocenters. The number of carboxylic acids is 1. The Labute approximate surface area is 215 Å². The van der Waals surface area contributed by atoms with Crippen LogP contribution in [0.5, 0.6) is 5.75 Å². The third-order valence-electron chi connectivity index (χ3n) is 4.51. The Morgan fingerprint density at radius 2 is 1.97 bits per heavy atom. The van der Waals surface area contributed by atoms with E-state index < -0.39 is 28.0 Å². The Bertz CT molecular complexity index is 1360. The summed E-state index contributed by atoms with van der Waals surface area (Å²) in [5.41, 5.74) is 2.46. The summed E-state index contributed by atoms with van der Waals surface area (Å²) in [4.78, 5) is 24.1. The van der Waals surface area contributed by atoms with Gasteiger partial charge in [-0.3, -0.25) is 9.52 Å². The highest BCUT2D eigenvalue weighted by atomic mass is 35.5. The molecule has 3 aromatic rings. The van der Waals surface area contributed by atoms with Gasteiger partial charge in [0.15, 0.2) is 6.10 Å². The van der Waals surface area contributed by atoms with Crippen LogP contribution in [0.4, 0.5) is 5.69 Å². The second-order valence-corrected chi connectivity index (χ2v) is 10.6. The van der Waals surface area contributed by atoms with E-state index in [0.29, 0.717) is 10.6 Å². The number of aliphatic carboxylic acids is 1. The van der Waals surface area contributed by atoms with Crippen molar-refractivity contribution >= 4 is 68.3 Å². The number of hydrogen-bond acceptors (Lipinski definition) is 7. The lowest BCUT2D eigenvalue weighted by atomic mass is 10.2. The quantitative estimate of drug-likeness (QED) is 0.241. The molecule has 1 aromatic heterocycles. The van der Waals surface area contributed by atoms with Crippen LogP contribution >= 0.6 is 34.5 Å². The molecule has 1 heterocycles. The monoisotopic (exact) mass is 555 g/mol. The van der Waals surface area contributed by atoms with Crippen LogP contribution in [0.15, 0.2) is 63.2 Å². The van der Waals surface area contributed by atoms with Gasteiger partial charge in [-0.2, -0.15) is 5.10 Å². The lowest BCUT2D eigenvalue weighted by Gasteiger charge is -2.15. The molecule has 0 saturated carbocycles. The number of benzene rings is 2. The van der Waals surface area contributed by atoms with Crippen molar-refractivity contribution in [2.45, 2.75) is 23.7 Å². The number of carboxylic acid groups (broad SMARTS) is 1. The maximum Gasteiger partial charge on any atom is 0.344 e. The van der Waals surface area contributed by atoms with Gasteiger partial charge in [-0.15, -0.1) is 11.3 Å². The highest BCUT2D eigenvalue weighted by molar-refractivity contribution is 7.94. The van der Waals surface area contributed by atoms with Gasteiger partial charge in [-0.25, -0.2) is 18.6 Å². The van der Waals surface area contributed by atoms with E-state index in [0.717, 1.165) is 11.3 Å². The highest BCUT2D eigenvalue weighted by Gasteiger charge is 2.22. The molecule has 0 aliphatic rings. The summed E-state index contributed by atoms with van der Waals surface area (Å²) in [5, 5.41) is 15.1. The summed E-state index contributed by atoms with van der Waals surface area (Å²) in [6, 6.07) is 11.8. The Morgan fingerprint density at radius 3 is 2.63 bits per heavy atom. The van der Waals surface area contributed by atoms with Crippen molar-refractivity contribution in [3.05, 3.63) is 75.1 Å². The molecule has 0 saturated heterocycles. The van der Waals surface area contributed by atoms with Crippen LogP contribution in [0.3, 0.4) is 0 Å². The number of carbonyl (C=O) groups is 2. The van der Waals surface area contributed by atoms with Crippen molar-refractivity contribution in [3.63, 3.8) is 0 Å². The van der Waals surface area contributed by atoms with E-state index in [4.69, 9.17) is 27.9 Å². The topological polar surface area (TPSA) is 134 Å². The minimum absolute atomic E-state index is 0.0200. The number of carbonyl (C=O) groups excluding carboxylic acids is 1. The van der Waals surface area contributed by atoms with Crippen LogP contribution in [-0.4, -0.2) is 37.7 Å². The molecular weight excluding hydrogens is 537 g/mol. The highest BCUT2D eigenvalue weighted by Crippen LogP contribution is 2.30. The van der Waals surface area contributed by atoms with E-state index in [-0.39, 0.29) is 32.7 Å². The van der Waals surface area contributed by atoms with Crippen LogP contribution in [0.2, 0.25) is 10.0 Å². The molecule has 0 aliphatic heterocycles. The van der Waals surface area contributed by atoms with Crippen LogP contribution in [-0.2, 0) is 14.8 Å². The molecule has 2 aromatic carbocycles. The minimum Gasteiger partial charge on any atom is -0.479 e. The van der Waals surface area contributed by atoms with E-state index in [1.54, 1.807) is 18.4 Å². The van der Waals surface area contributed by atoms with Gasteiger partial charge in [0.25, 0.3) is 15.9 Å². The molecule has 13 heteroatoms. The molecule has 35 heavy (non-hydrogen) atoms. The van der Waals surface area contributed by atoms with Crippen molar-refractivity contribution in [1.82, 2.24) is 5.43 Å². The fourth-order valence-corrected chi connectivity index (χ4v) is 5.38. The summed E-state index contributed by atoms with van der Waals surface area (Å²) >= 11 is 13.2. The number of anilines is 1. The van der Waals surface area contributed by atoms with Crippen LogP contribution in [0, 0.1) is 0 Å². The first kappa shape index (κ1) is 26.5. The number of halogens is 2. The fourth-order valence-electron chi connectivity index (χ4n) is 2.83. The second-order valence-electron chi connectivity index (χ2n) is 6.93. The van der Waals surface area contributed by atoms with E-state index in [1.165, 1.54) is 48.7 Å². The number of rotatable bonds is 10. The summed E-state index contributed by atoms with van der Waals surface area (Å²) in [7, 11) is -3.96. The van der Waals surface area contributed by atoms with E-state index in [2.05, 4.69) is 15.2 Å². The zero-order valence-corrected chi connectivity index (χ0v) is 21.2. The largest absolute Gasteiger partial charge is 0.479 e. The number of ether oxygens (including phenoxy) is 1. The van der Waals surface area contributed by atoms with Crippen molar-refractivity contribution in [2.75, 3.05) is 4.72 Å². The third-order valence-corrected chi connectivity index (χ3v) is 7.81. The third kappa shape index (κ3) is 6.73. The van der Waals surface area contributed by atoms with Crippen LogP contribution < -0.4 is 14.9 Å². The van der Waals surface area contributed by atoms with Gasteiger partial charge in [-0.1, -0.05) is 42.3 Å². The molecule has 0 aliphatic carbocycles. The molecule has 0 fully saturated rings. The Kier molecular flexibility index (Phi) is 8.73. The number of sulfonamides is 1. The zero-order chi connectivity index (χ0) is 25.6. The van der Waals surface area contributed by atoms with Crippen molar-refractivity contribution < 1.29 is 27.9 Å². The van der Waals surface area contributed by atoms with E-state index in [9.17, 15) is 23.1 Å². The molecule has 0 bridgehead atoms. The van der Waals surface area contributed by atoms with Crippen molar-refractivity contribution in [2.24, 2.45) is 5.10 Å². The smallest absolute Gasteiger partial charge is 0.344 e. The maximum absolute atomic E-state index is 12.8. The summed E-state index contributed by atoms with van der Waals surface area (Å²) in [5.74, 6) is -1.67. The minimum atomic E-state index is -3.96. The Morgan fingerprint density at radius 1 is 1.20 bits per heavy atom. The number of hydrogen-bond donors (Lipinski definition) is 3. The van der Waals surface area contributed by atoms with Crippen molar-refractivity contribution in [3.8, 4) is 5.75 Å². The molecular formula is C22H19Cl2N3O6S2. The molecule has 3 rings (SSSR count). The summed E-state index contributed by atoms with van der Waals surface area (Å²) in [6.45, 7) is 1.66. The lowest BCUT2D eigenvalue weighted by Crippen LogP contribution is -2.26. The van der Waals surface area contributed by atoms with Gasteiger partial charge >= 0.3 is 5.97 Å². The average Bonchev–Trinajstić information content (AvgIpc) is 3.35. The molecule has 0 radical (unpaired) electrons. The zero-order valence-electron chi connectivity index (χ0n) is 18.1. The molecule has 3 N–H and O–H groups in total. The Hall–Kier alpha value is -3.12. The van der Waals surface area contributed by atoms with Gasteiger partial charge in [0.1, 0.15) is 9.96 Å². The average molecular weight is 556 g/mol. The SMILES string of the molecule is CCC(Oc1ccc(Cl)cc1C=NNC(=O)c1cccc(Cl)c1NS(=O)(=O)c1cccs1)C(=O)O. The van der Waals surface area contributed by atoms with E-state index >= 15 is 0 Å². The number of amides is 1. The van der Waals surface area contributed by atoms with E-state index in [1.807, 2.05) is 0 Å². The predicted octanol–water partition coefficient (Wildman–Crippen LogP) is 4.86. The number of nitrogens with one attached hydrogen (secondary N) is 2. The first-order valence-corrected chi connectivity index (χ1v) is 13.1. The lowest BCUT2D eigenvalue weighted by molar-refractivity contribution is -0.145. The van der Waals surface area contributed by atoms with Crippen LogP contribution in [0.25, 0.3) is 0 Å².